The Morgan fingerprint density at radius 2 is 1.85 bits per heavy atom. The van der Waals surface area contributed by atoms with Crippen LogP contribution >= 0.6 is 11.3 Å². The molecule has 1 atom stereocenters. The van der Waals surface area contributed by atoms with E-state index in [4.69, 9.17) is 9.47 Å². The number of carboxylic acid groups (broad SMARTS) is 1. The third kappa shape index (κ3) is 4.60. The van der Waals surface area contributed by atoms with Gasteiger partial charge < -0.3 is 19.9 Å². The van der Waals surface area contributed by atoms with Crippen LogP contribution in [0.25, 0.3) is 0 Å². The number of Topliss-reactive ketones (excluding diaryl/α,β-unsaturated/α-hetero) is 1. The number of carboxylic acids is 1. The molecule has 7 nitrogen and oxygen atoms in total. The number of ketones is 1. The molecule has 1 aromatic carbocycles. The Labute approximate surface area is 154 Å². The van der Waals surface area contributed by atoms with Crippen molar-refractivity contribution < 1.29 is 29.0 Å². The molecule has 0 bridgehead atoms. The number of hydrogen-bond acceptors (Lipinski definition) is 6. The zero-order valence-electron chi connectivity index (χ0n) is 14.6. The molecular weight excluding hydrogens is 358 g/mol. The fourth-order valence-electron chi connectivity index (χ4n) is 2.37. The maximum Gasteiger partial charge on any atom is 0.305 e. The Morgan fingerprint density at radius 1 is 1.15 bits per heavy atom. The lowest BCUT2D eigenvalue weighted by atomic mass is 10.0. The fraction of sp³-hybridized carbons (Fsp3) is 0.278. The Kier molecular flexibility index (Phi) is 6.35. The average molecular weight is 377 g/mol. The average Bonchev–Trinajstić information content (AvgIpc) is 3.10. The number of nitrogens with one attached hydrogen (secondary N) is 1. The minimum atomic E-state index is -1.05. The van der Waals surface area contributed by atoms with Gasteiger partial charge >= 0.3 is 5.97 Å². The molecule has 2 aromatic rings. The number of rotatable bonds is 8. The van der Waals surface area contributed by atoms with E-state index in [1.165, 1.54) is 27.2 Å². The quantitative estimate of drug-likeness (QED) is 0.686. The van der Waals surface area contributed by atoms with E-state index in [0.29, 0.717) is 27.5 Å². The molecule has 138 valence electrons. The minimum absolute atomic E-state index is 0.137. The molecule has 1 heterocycles. The van der Waals surface area contributed by atoms with Crippen LogP contribution in [-0.4, -0.2) is 37.0 Å². The van der Waals surface area contributed by atoms with Gasteiger partial charge in [-0.15, -0.1) is 11.3 Å². The Hall–Kier alpha value is -2.87. The lowest BCUT2D eigenvalue weighted by Crippen LogP contribution is -2.29. The van der Waals surface area contributed by atoms with E-state index in [9.17, 15) is 19.5 Å². The van der Waals surface area contributed by atoms with E-state index >= 15 is 0 Å². The van der Waals surface area contributed by atoms with Crippen molar-refractivity contribution in [1.82, 2.24) is 5.32 Å². The van der Waals surface area contributed by atoms with Gasteiger partial charge in [0, 0.05) is 10.9 Å². The van der Waals surface area contributed by atoms with Gasteiger partial charge in [0.2, 0.25) is 0 Å². The normalized spacial score (nSPS) is 11.5. The van der Waals surface area contributed by atoms with Gasteiger partial charge in [0.05, 0.1) is 31.6 Å². The summed E-state index contributed by atoms with van der Waals surface area (Å²) in [5.41, 5.74) is 1.02. The maximum absolute atomic E-state index is 12.5. The van der Waals surface area contributed by atoms with E-state index in [1.807, 2.05) is 0 Å². The predicted molar refractivity (Wildman–Crippen MR) is 96.3 cm³/mol. The van der Waals surface area contributed by atoms with Crippen molar-refractivity contribution in [1.29, 1.82) is 0 Å². The molecule has 2 N–H and O–H groups in total. The van der Waals surface area contributed by atoms with E-state index in [2.05, 4.69) is 5.32 Å². The SMILES string of the molecule is COc1ccc(C(CC(=O)O)NC(=O)c2cc(C(C)=O)cs2)cc1OC. The van der Waals surface area contributed by atoms with Crippen LogP contribution < -0.4 is 14.8 Å². The topological polar surface area (TPSA) is 102 Å². The van der Waals surface area contributed by atoms with Crippen LogP contribution in [0.5, 0.6) is 11.5 Å². The molecule has 1 amide bonds. The molecule has 0 saturated heterocycles. The number of hydrogen-bond donors (Lipinski definition) is 2. The summed E-state index contributed by atoms with van der Waals surface area (Å²) in [5.74, 6) is -0.697. The summed E-state index contributed by atoms with van der Waals surface area (Å²) in [7, 11) is 2.97. The van der Waals surface area contributed by atoms with Crippen molar-refractivity contribution in [3.63, 3.8) is 0 Å². The van der Waals surface area contributed by atoms with Crippen molar-refractivity contribution >= 4 is 29.0 Å². The largest absolute Gasteiger partial charge is 0.493 e. The number of thiophene rings is 1. The number of ether oxygens (including phenoxy) is 2. The predicted octanol–water partition coefficient (Wildman–Crippen LogP) is 2.91. The highest BCUT2D eigenvalue weighted by atomic mass is 32.1. The van der Waals surface area contributed by atoms with Gasteiger partial charge in [0.25, 0.3) is 5.91 Å². The van der Waals surface area contributed by atoms with E-state index in [0.717, 1.165) is 11.3 Å². The van der Waals surface area contributed by atoms with Gasteiger partial charge in [-0.05, 0) is 30.7 Å². The molecule has 8 heteroatoms. The number of aliphatic carboxylic acids is 1. The smallest absolute Gasteiger partial charge is 0.305 e. The molecule has 0 radical (unpaired) electrons. The van der Waals surface area contributed by atoms with Gasteiger partial charge in [0.15, 0.2) is 17.3 Å². The molecular formula is C18H19NO6S. The van der Waals surface area contributed by atoms with E-state index in [-0.39, 0.29) is 12.2 Å². The molecule has 1 unspecified atom stereocenters. The fourth-order valence-corrected chi connectivity index (χ4v) is 3.21. The summed E-state index contributed by atoms with van der Waals surface area (Å²) in [6, 6.07) is 5.68. The third-order valence-corrected chi connectivity index (χ3v) is 4.65. The molecule has 0 spiro atoms. The van der Waals surface area contributed by atoms with Gasteiger partial charge in [-0.3, -0.25) is 14.4 Å². The summed E-state index contributed by atoms with van der Waals surface area (Å²) < 4.78 is 10.4. The van der Waals surface area contributed by atoms with Crippen LogP contribution in [-0.2, 0) is 4.79 Å². The lowest BCUT2D eigenvalue weighted by molar-refractivity contribution is -0.137. The van der Waals surface area contributed by atoms with Crippen LogP contribution in [0.1, 0.15) is 45.0 Å². The van der Waals surface area contributed by atoms with Crippen LogP contribution in [0, 0.1) is 0 Å². The Morgan fingerprint density at radius 3 is 2.38 bits per heavy atom. The summed E-state index contributed by atoms with van der Waals surface area (Å²) in [6.07, 6.45) is -0.299. The second-order valence-corrected chi connectivity index (χ2v) is 6.41. The van der Waals surface area contributed by atoms with Crippen LogP contribution in [0.4, 0.5) is 0 Å². The molecule has 0 saturated carbocycles. The number of benzene rings is 1. The molecule has 2 rings (SSSR count). The number of amides is 1. The van der Waals surface area contributed by atoms with Gasteiger partial charge in [0.1, 0.15) is 0 Å². The third-order valence-electron chi connectivity index (χ3n) is 3.72. The van der Waals surface area contributed by atoms with E-state index < -0.39 is 17.9 Å². The molecule has 0 aliphatic heterocycles. The first kappa shape index (κ1) is 19.5. The van der Waals surface area contributed by atoms with E-state index in [1.54, 1.807) is 23.6 Å². The highest BCUT2D eigenvalue weighted by molar-refractivity contribution is 7.12. The minimum Gasteiger partial charge on any atom is -0.493 e. The van der Waals surface area contributed by atoms with Gasteiger partial charge in [-0.1, -0.05) is 6.07 Å². The van der Waals surface area contributed by atoms with Crippen molar-refractivity contribution in [3.05, 3.63) is 45.6 Å². The maximum atomic E-state index is 12.5. The first-order valence-corrected chi connectivity index (χ1v) is 8.57. The van der Waals surface area contributed by atoms with Crippen LogP contribution in [0.2, 0.25) is 0 Å². The second-order valence-electron chi connectivity index (χ2n) is 5.49. The molecule has 0 aliphatic rings. The zero-order chi connectivity index (χ0) is 19.3. The highest BCUT2D eigenvalue weighted by Crippen LogP contribution is 2.31. The molecule has 0 aliphatic carbocycles. The van der Waals surface area contributed by atoms with Crippen molar-refractivity contribution in [2.75, 3.05) is 14.2 Å². The van der Waals surface area contributed by atoms with Crippen molar-refractivity contribution in [3.8, 4) is 11.5 Å². The molecule has 1 aromatic heterocycles. The second kappa shape index (κ2) is 8.48. The first-order chi connectivity index (χ1) is 12.3. The van der Waals surface area contributed by atoms with Crippen molar-refractivity contribution in [2.45, 2.75) is 19.4 Å². The summed E-state index contributed by atoms with van der Waals surface area (Å²) in [5, 5.41) is 13.5. The Bertz CT molecular complexity index is 829. The zero-order valence-corrected chi connectivity index (χ0v) is 15.4. The van der Waals surface area contributed by atoms with Gasteiger partial charge in [-0.25, -0.2) is 0 Å². The lowest BCUT2D eigenvalue weighted by Gasteiger charge is -2.18. The van der Waals surface area contributed by atoms with Gasteiger partial charge in [-0.2, -0.15) is 0 Å². The number of carbonyl (C=O) groups excluding carboxylic acids is 2. The van der Waals surface area contributed by atoms with Crippen LogP contribution in [0.15, 0.2) is 29.6 Å². The highest BCUT2D eigenvalue weighted by Gasteiger charge is 2.21. The molecule has 26 heavy (non-hydrogen) atoms. The summed E-state index contributed by atoms with van der Waals surface area (Å²) in [6.45, 7) is 1.42. The first-order valence-electron chi connectivity index (χ1n) is 7.69. The summed E-state index contributed by atoms with van der Waals surface area (Å²) >= 11 is 1.13. The van der Waals surface area contributed by atoms with Crippen molar-refractivity contribution in [2.24, 2.45) is 0 Å². The summed E-state index contributed by atoms with van der Waals surface area (Å²) in [4.78, 5) is 35.4. The standard InChI is InChI=1S/C18H19NO6S/c1-10(20)12-7-16(26-9-12)18(23)19-13(8-17(21)22)11-4-5-14(24-2)15(6-11)25-3/h4-7,9,13H,8H2,1-3H3,(H,19,23)(H,21,22). The van der Waals surface area contributed by atoms with Crippen LogP contribution in [0.3, 0.4) is 0 Å². The monoisotopic (exact) mass is 377 g/mol. The number of methoxy groups -OCH3 is 2. The molecule has 0 fully saturated rings. The Balaban J connectivity index is 2.28. The number of carbonyl (C=O) groups is 3.